The SMILES string of the molecule is CC(=O)Nc1cccc(C(C)CC(=O)O)c1C. The Morgan fingerprint density at radius 3 is 2.59 bits per heavy atom. The van der Waals surface area contributed by atoms with Crippen LogP contribution in [0.5, 0.6) is 0 Å². The Morgan fingerprint density at radius 2 is 2.06 bits per heavy atom. The average Bonchev–Trinajstić information content (AvgIpc) is 2.19. The summed E-state index contributed by atoms with van der Waals surface area (Å²) in [5.74, 6) is -1.01. The minimum Gasteiger partial charge on any atom is -0.481 e. The van der Waals surface area contributed by atoms with Gasteiger partial charge in [0, 0.05) is 12.6 Å². The van der Waals surface area contributed by atoms with Gasteiger partial charge in [-0.15, -0.1) is 0 Å². The van der Waals surface area contributed by atoms with Gasteiger partial charge in [0.25, 0.3) is 0 Å². The normalized spacial score (nSPS) is 11.9. The minimum atomic E-state index is -0.818. The van der Waals surface area contributed by atoms with Crippen molar-refractivity contribution in [3.8, 4) is 0 Å². The summed E-state index contributed by atoms with van der Waals surface area (Å²) in [7, 11) is 0. The van der Waals surface area contributed by atoms with E-state index in [1.807, 2.05) is 32.0 Å². The van der Waals surface area contributed by atoms with Crippen molar-refractivity contribution in [1.82, 2.24) is 0 Å². The van der Waals surface area contributed by atoms with Crippen LogP contribution in [0.2, 0.25) is 0 Å². The Balaban J connectivity index is 3.00. The largest absolute Gasteiger partial charge is 0.481 e. The first kappa shape index (κ1) is 13.2. The Hall–Kier alpha value is -1.84. The number of hydrogen-bond acceptors (Lipinski definition) is 2. The molecule has 2 N–H and O–H groups in total. The number of aliphatic carboxylic acids is 1. The van der Waals surface area contributed by atoms with Gasteiger partial charge in [0.1, 0.15) is 0 Å². The number of nitrogens with one attached hydrogen (secondary N) is 1. The zero-order valence-electron chi connectivity index (χ0n) is 10.3. The molecule has 4 nitrogen and oxygen atoms in total. The van der Waals surface area contributed by atoms with Gasteiger partial charge >= 0.3 is 5.97 Å². The van der Waals surface area contributed by atoms with E-state index in [1.54, 1.807) is 0 Å². The number of carbonyl (C=O) groups is 2. The second-order valence-corrected chi connectivity index (χ2v) is 4.20. The first-order valence-electron chi connectivity index (χ1n) is 5.50. The molecule has 0 spiro atoms. The molecule has 0 fully saturated rings. The molecule has 1 unspecified atom stereocenters. The molecule has 0 aliphatic rings. The summed E-state index contributed by atoms with van der Waals surface area (Å²) in [4.78, 5) is 21.7. The average molecular weight is 235 g/mol. The van der Waals surface area contributed by atoms with E-state index in [1.165, 1.54) is 6.92 Å². The minimum absolute atomic E-state index is 0.0683. The molecule has 0 saturated carbocycles. The maximum atomic E-state index is 11.0. The van der Waals surface area contributed by atoms with E-state index in [0.29, 0.717) is 0 Å². The van der Waals surface area contributed by atoms with E-state index in [-0.39, 0.29) is 18.2 Å². The van der Waals surface area contributed by atoms with Crippen molar-refractivity contribution in [3.05, 3.63) is 29.3 Å². The van der Waals surface area contributed by atoms with Crippen LogP contribution >= 0.6 is 0 Å². The highest BCUT2D eigenvalue weighted by Gasteiger charge is 2.14. The predicted octanol–water partition coefficient (Wildman–Crippen LogP) is 2.53. The molecule has 1 aromatic rings. The van der Waals surface area contributed by atoms with Gasteiger partial charge in [-0.25, -0.2) is 0 Å². The molecular formula is C13H17NO3. The van der Waals surface area contributed by atoms with Crippen LogP contribution in [-0.4, -0.2) is 17.0 Å². The molecule has 4 heteroatoms. The summed E-state index contributed by atoms with van der Waals surface area (Å²) in [5, 5.41) is 11.5. The summed E-state index contributed by atoms with van der Waals surface area (Å²) < 4.78 is 0. The lowest BCUT2D eigenvalue weighted by molar-refractivity contribution is -0.137. The van der Waals surface area contributed by atoms with Gasteiger partial charge in [-0.05, 0) is 30.0 Å². The molecule has 92 valence electrons. The third-order valence-corrected chi connectivity index (χ3v) is 2.70. The van der Waals surface area contributed by atoms with E-state index in [0.717, 1.165) is 16.8 Å². The summed E-state index contributed by atoms with van der Waals surface area (Å²) in [6.45, 7) is 5.21. The highest BCUT2D eigenvalue weighted by atomic mass is 16.4. The number of carboxylic acids is 1. The van der Waals surface area contributed by atoms with Crippen LogP contribution in [0.3, 0.4) is 0 Å². The molecule has 1 rings (SSSR count). The van der Waals surface area contributed by atoms with Gasteiger partial charge < -0.3 is 10.4 Å². The lowest BCUT2D eigenvalue weighted by atomic mass is 9.93. The summed E-state index contributed by atoms with van der Waals surface area (Å²) in [6.07, 6.45) is 0.0877. The van der Waals surface area contributed by atoms with Crippen LogP contribution in [0.4, 0.5) is 5.69 Å². The Labute approximate surface area is 101 Å². The quantitative estimate of drug-likeness (QED) is 0.842. The summed E-state index contributed by atoms with van der Waals surface area (Å²) in [6, 6.07) is 5.54. The topological polar surface area (TPSA) is 66.4 Å². The maximum absolute atomic E-state index is 11.0. The number of carbonyl (C=O) groups excluding carboxylic acids is 1. The molecule has 0 saturated heterocycles. The predicted molar refractivity (Wildman–Crippen MR) is 66.2 cm³/mol. The van der Waals surface area contributed by atoms with Crippen molar-refractivity contribution in [2.24, 2.45) is 0 Å². The first-order chi connectivity index (χ1) is 7.91. The third-order valence-electron chi connectivity index (χ3n) is 2.70. The number of anilines is 1. The third kappa shape index (κ3) is 3.59. The van der Waals surface area contributed by atoms with E-state index in [9.17, 15) is 9.59 Å². The highest BCUT2D eigenvalue weighted by Crippen LogP contribution is 2.27. The van der Waals surface area contributed by atoms with Gasteiger partial charge in [0.05, 0.1) is 6.42 Å². The van der Waals surface area contributed by atoms with Crippen LogP contribution in [0, 0.1) is 6.92 Å². The molecule has 0 aliphatic heterocycles. The van der Waals surface area contributed by atoms with Crippen LogP contribution in [-0.2, 0) is 9.59 Å². The zero-order valence-corrected chi connectivity index (χ0v) is 10.3. The van der Waals surface area contributed by atoms with Crippen molar-refractivity contribution in [1.29, 1.82) is 0 Å². The lowest BCUT2D eigenvalue weighted by Crippen LogP contribution is -2.10. The van der Waals surface area contributed by atoms with Crippen LogP contribution in [0.25, 0.3) is 0 Å². The fourth-order valence-electron chi connectivity index (χ4n) is 1.88. The van der Waals surface area contributed by atoms with E-state index in [2.05, 4.69) is 5.32 Å². The monoisotopic (exact) mass is 235 g/mol. The van der Waals surface area contributed by atoms with Gasteiger partial charge in [-0.1, -0.05) is 19.1 Å². The standard InChI is InChI=1S/C13H17NO3/c1-8(7-13(16)17)11-5-4-6-12(9(11)2)14-10(3)15/h4-6,8H,7H2,1-3H3,(H,14,15)(H,16,17). The molecular weight excluding hydrogens is 218 g/mol. The molecule has 1 atom stereocenters. The van der Waals surface area contributed by atoms with Crippen LogP contribution in [0.1, 0.15) is 37.3 Å². The number of rotatable bonds is 4. The fraction of sp³-hybridized carbons (Fsp3) is 0.385. The van der Waals surface area contributed by atoms with E-state index >= 15 is 0 Å². The molecule has 17 heavy (non-hydrogen) atoms. The maximum Gasteiger partial charge on any atom is 0.303 e. The molecule has 1 aromatic carbocycles. The van der Waals surface area contributed by atoms with Crippen molar-refractivity contribution in [2.75, 3.05) is 5.32 Å². The molecule has 0 bridgehead atoms. The zero-order chi connectivity index (χ0) is 13.0. The van der Waals surface area contributed by atoms with Crippen molar-refractivity contribution < 1.29 is 14.7 Å². The second-order valence-electron chi connectivity index (χ2n) is 4.20. The Morgan fingerprint density at radius 1 is 1.41 bits per heavy atom. The summed E-state index contributed by atoms with van der Waals surface area (Å²) in [5.41, 5.74) is 2.63. The Kier molecular flexibility index (Phi) is 4.26. The van der Waals surface area contributed by atoms with Gasteiger partial charge in [0.15, 0.2) is 0 Å². The van der Waals surface area contributed by atoms with Crippen LogP contribution in [0.15, 0.2) is 18.2 Å². The molecule has 0 aromatic heterocycles. The van der Waals surface area contributed by atoms with E-state index in [4.69, 9.17) is 5.11 Å². The van der Waals surface area contributed by atoms with Gasteiger partial charge in [-0.3, -0.25) is 9.59 Å². The summed E-state index contributed by atoms with van der Waals surface area (Å²) >= 11 is 0. The smallest absolute Gasteiger partial charge is 0.303 e. The molecule has 1 amide bonds. The lowest BCUT2D eigenvalue weighted by Gasteiger charge is -2.16. The van der Waals surface area contributed by atoms with Crippen molar-refractivity contribution in [3.63, 3.8) is 0 Å². The number of amides is 1. The van der Waals surface area contributed by atoms with Gasteiger partial charge in [-0.2, -0.15) is 0 Å². The number of benzene rings is 1. The van der Waals surface area contributed by atoms with E-state index < -0.39 is 5.97 Å². The number of carboxylic acid groups (broad SMARTS) is 1. The fourth-order valence-corrected chi connectivity index (χ4v) is 1.88. The molecule has 0 radical (unpaired) electrons. The van der Waals surface area contributed by atoms with Crippen molar-refractivity contribution in [2.45, 2.75) is 33.1 Å². The van der Waals surface area contributed by atoms with Crippen LogP contribution < -0.4 is 5.32 Å². The Bertz CT molecular complexity index is 440. The van der Waals surface area contributed by atoms with Crippen molar-refractivity contribution >= 4 is 17.6 Å². The highest BCUT2D eigenvalue weighted by molar-refractivity contribution is 5.89. The molecule has 0 heterocycles. The second kappa shape index (κ2) is 5.48. The molecule has 0 aliphatic carbocycles. The first-order valence-corrected chi connectivity index (χ1v) is 5.50. The van der Waals surface area contributed by atoms with Gasteiger partial charge in [0.2, 0.25) is 5.91 Å². The number of hydrogen-bond donors (Lipinski definition) is 2.